The summed E-state index contributed by atoms with van der Waals surface area (Å²) in [6.07, 6.45) is 0.712. The molecule has 2 rings (SSSR count). The van der Waals surface area contributed by atoms with Gasteiger partial charge in [0.25, 0.3) is 0 Å². The van der Waals surface area contributed by atoms with Crippen molar-refractivity contribution in [3.63, 3.8) is 0 Å². The number of benzene rings is 1. The number of rotatable bonds is 2. The minimum atomic E-state index is 0.0801. The van der Waals surface area contributed by atoms with Crippen molar-refractivity contribution in [1.29, 1.82) is 0 Å². The molecule has 0 saturated heterocycles. The predicted octanol–water partition coefficient (Wildman–Crippen LogP) is 2.76. The van der Waals surface area contributed by atoms with Crippen molar-refractivity contribution in [2.45, 2.75) is 19.4 Å². The molecule has 1 aromatic heterocycles. The first-order chi connectivity index (χ1) is 7.06. The Hall–Kier alpha value is -0.770. The SMILES string of the molecule is CC(N)Cc1nc2cc(Cl)c(Cl)cc2[nH]1. The second-order valence-electron chi connectivity index (χ2n) is 3.65. The molecule has 2 aromatic rings. The Morgan fingerprint density at radius 2 is 2.07 bits per heavy atom. The number of nitrogens with zero attached hydrogens (tertiary/aromatic N) is 1. The van der Waals surface area contributed by atoms with E-state index in [2.05, 4.69) is 9.97 Å². The summed E-state index contributed by atoms with van der Waals surface area (Å²) in [6, 6.07) is 3.61. The quantitative estimate of drug-likeness (QED) is 0.853. The van der Waals surface area contributed by atoms with Crippen LogP contribution in [0.15, 0.2) is 12.1 Å². The zero-order chi connectivity index (χ0) is 11.0. The van der Waals surface area contributed by atoms with Crippen LogP contribution in [-0.4, -0.2) is 16.0 Å². The van der Waals surface area contributed by atoms with Gasteiger partial charge in [-0.3, -0.25) is 0 Å². The molecular formula is C10H11Cl2N3. The minimum absolute atomic E-state index is 0.0801. The molecule has 0 fully saturated rings. The summed E-state index contributed by atoms with van der Waals surface area (Å²) in [5, 5.41) is 1.04. The number of aromatic nitrogens is 2. The number of imidazole rings is 1. The Kier molecular flexibility index (Phi) is 2.87. The smallest absolute Gasteiger partial charge is 0.108 e. The van der Waals surface area contributed by atoms with E-state index in [9.17, 15) is 0 Å². The molecule has 1 heterocycles. The Balaban J connectivity index is 2.47. The first-order valence-electron chi connectivity index (χ1n) is 4.65. The lowest BCUT2D eigenvalue weighted by atomic mass is 10.2. The van der Waals surface area contributed by atoms with Gasteiger partial charge in [0.1, 0.15) is 5.82 Å². The van der Waals surface area contributed by atoms with Crippen molar-refractivity contribution in [1.82, 2.24) is 9.97 Å². The minimum Gasteiger partial charge on any atom is -0.342 e. The lowest BCUT2D eigenvalue weighted by Gasteiger charge is -1.98. The second-order valence-corrected chi connectivity index (χ2v) is 4.46. The molecule has 15 heavy (non-hydrogen) atoms. The summed E-state index contributed by atoms with van der Waals surface area (Å²) >= 11 is 11.8. The third kappa shape index (κ3) is 2.25. The number of aromatic amines is 1. The van der Waals surface area contributed by atoms with Gasteiger partial charge in [0, 0.05) is 12.5 Å². The lowest BCUT2D eigenvalue weighted by molar-refractivity contribution is 0.712. The van der Waals surface area contributed by atoms with Gasteiger partial charge in [-0.15, -0.1) is 0 Å². The molecule has 80 valence electrons. The number of hydrogen-bond acceptors (Lipinski definition) is 2. The maximum Gasteiger partial charge on any atom is 0.108 e. The van der Waals surface area contributed by atoms with Crippen LogP contribution in [-0.2, 0) is 6.42 Å². The number of halogens is 2. The molecule has 0 radical (unpaired) electrons. The van der Waals surface area contributed by atoms with E-state index < -0.39 is 0 Å². The fourth-order valence-electron chi connectivity index (χ4n) is 1.46. The highest BCUT2D eigenvalue weighted by molar-refractivity contribution is 6.42. The summed E-state index contributed by atoms with van der Waals surface area (Å²) < 4.78 is 0. The molecule has 0 bridgehead atoms. The standard InChI is InChI=1S/C10H11Cl2N3/c1-5(13)2-10-14-8-3-6(11)7(12)4-9(8)15-10/h3-5H,2,13H2,1H3,(H,14,15). The number of fused-ring (bicyclic) bond motifs is 1. The molecule has 1 aromatic carbocycles. The third-order valence-corrected chi connectivity index (χ3v) is 2.81. The van der Waals surface area contributed by atoms with Gasteiger partial charge in [-0.2, -0.15) is 0 Å². The molecule has 0 amide bonds. The fraction of sp³-hybridized carbons (Fsp3) is 0.300. The van der Waals surface area contributed by atoms with Crippen LogP contribution >= 0.6 is 23.2 Å². The molecule has 1 atom stereocenters. The maximum absolute atomic E-state index is 5.90. The normalized spacial score (nSPS) is 13.3. The Morgan fingerprint density at radius 3 is 2.73 bits per heavy atom. The van der Waals surface area contributed by atoms with E-state index in [1.165, 1.54) is 0 Å². The van der Waals surface area contributed by atoms with Gasteiger partial charge in [0.2, 0.25) is 0 Å². The van der Waals surface area contributed by atoms with Crippen LogP contribution in [0.1, 0.15) is 12.7 Å². The van der Waals surface area contributed by atoms with E-state index in [0.717, 1.165) is 16.9 Å². The van der Waals surface area contributed by atoms with E-state index in [0.29, 0.717) is 16.5 Å². The van der Waals surface area contributed by atoms with Gasteiger partial charge in [0.15, 0.2) is 0 Å². The Labute approximate surface area is 97.6 Å². The van der Waals surface area contributed by atoms with Gasteiger partial charge in [0.05, 0.1) is 21.1 Å². The molecule has 0 aliphatic heterocycles. The molecule has 0 aliphatic carbocycles. The summed E-state index contributed by atoms with van der Waals surface area (Å²) in [6.45, 7) is 1.94. The number of nitrogens with one attached hydrogen (secondary N) is 1. The molecule has 0 spiro atoms. The number of H-pyrrole nitrogens is 1. The van der Waals surface area contributed by atoms with Crippen molar-refractivity contribution < 1.29 is 0 Å². The molecule has 1 unspecified atom stereocenters. The van der Waals surface area contributed by atoms with Crippen molar-refractivity contribution in [2.75, 3.05) is 0 Å². The first kappa shape index (κ1) is 10.7. The largest absolute Gasteiger partial charge is 0.342 e. The van der Waals surface area contributed by atoms with Crippen molar-refractivity contribution >= 4 is 34.2 Å². The van der Waals surface area contributed by atoms with Gasteiger partial charge in [-0.25, -0.2) is 4.98 Å². The van der Waals surface area contributed by atoms with Crippen LogP contribution in [0.5, 0.6) is 0 Å². The number of nitrogens with two attached hydrogens (primary N) is 1. The molecule has 3 nitrogen and oxygen atoms in total. The first-order valence-corrected chi connectivity index (χ1v) is 5.41. The second kappa shape index (κ2) is 4.00. The van der Waals surface area contributed by atoms with Crippen molar-refractivity contribution in [3.05, 3.63) is 28.0 Å². The van der Waals surface area contributed by atoms with Crippen LogP contribution in [0, 0.1) is 0 Å². The molecule has 3 N–H and O–H groups in total. The van der Waals surface area contributed by atoms with E-state index in [-0.39, 0.29) is 6.04 Å². The van der Waals surface area contributed by atoms with E-state index in [1.807, 2.05) is 6.92 Å². The van der Waals surface area contributed by atoms with Gasteiger partial charge in [-0.05, 0) is 19.1 Å². The van der Waals surface area contributed by atoms with Crippen molar-refractivity contribution in [2.24, 2.45) is 5.73 Å². The van der Waals surface area contributed by atoms with Gasteiger partial charge in [-0.1, -0.05) is 23.2 Å². The number of hydrogen-bond donors (Lipinski definition) is 2. The monoisotopic (exact) mass is 243 g/mol. The highest BCUT2D eigenvalue weighted by Gasteiger charge is 2.07. The van der Waals surface area contributed by atoms with Gasteiger partial charge >= 0.3 is 0 Å². The summed E-state index contributed by atoms with van der Waals surface area (Å²) in [4.78, 5) is 7.54. The Bertz CT molecular complexity index is 452. The van der Waals surface area contributed by atoms with Gasteiger partial charge < -0.3 is 10.7 Å². The summed E-state index contributed by atoms with van der Waals surface area (Å²) in [7, 11) is 0. The van der Waals surface area contributed by atoms with E-state index in [4.69, 9.17) is 28.9 Å². The van der Waals surface area contributed by atoms with Crippen LogP contribution in [0.3, 0.4) is 0 Å². The summed E-state index contributed by atoms with van der Waals surface area (Å²) in [5.74, 6) is 0.860. The zero-order valence-electron chi connectivity index (χ0n) is 8.22. The predicted molar refractivity (Wildman–Crippen MR) is 63.5 cm³/mol. The molecular weight excluding hydrogens is 233 g/mol. The topological polar surface area (TPSA) is 54.7 Å². The van der Waals surface area contributed by atoms with Crippen LogP contribution in [0.25, 0.3) is 11.0 Å². The summed E-state index contributed by atoms with van der Waals surface area (Å²) in [5.41, 5.74) is 7.40. The molecule has 0 saturated carbocycles. The van der Waals surface area contributed by atoms with E-state index in [1.54, 1.807) is 12.1 Å². The zero-order valence-corrected chi connectivity index (χ0v) is 9.73. The van der Waals surface area contributed by atoms with Crippen LogP contribution in [0.2, 0.25) is 10.0 Å². The average molecular weight is 244 g/mol. The molecule has 0 aliphatic rings. The average Bonchev–Trinajstić information content (AvgIpc) is 2.46. The lowest BCUT2D eigenvalue weighted by Crippen LogP contribution is -2.18. The third-order valence-electron chi connectivity index (χ3n) is 2.09. The highest BCUT2D eigenvalue weighted by atomic mass is 35.5. The van der Waals surface area contributed by atoms with E-state index >= 15 is 0 Å². The fourth-order valence-corrected chi connectivity index (χ4v) is 1.78. The Morgan fingerprint density at radius 1 is 1.40 bits per heavy atom. The molecule has 5 heteroatoms. The van der Waals surface area contributed by atoms with Crippen molar-refractivity contribution in [3.8, 4) is 0 Å². The highest BCUT2D eigenvalue weighted by Crippen LogP contribution is 2.26. The maximum atomic E-state index is 5.90. The van der Waals surface area contributed by atoms with Crippen LogP contribution < -0.4 is 5.73 Å². The van der Waals surface area contributed by atoms with Crippen LogP contribution in [0.4, 0.5) is 0 Å².